The predicted octanol–water partition coefficient (Wildman–Crippen LogP) is 3.48. The summed E-state index contributed by atoms with van der Waals surface area (Å²) in [5.74, 6) is -0.489. The minimum Gasteiger partial charge on any atom is -0.442 e. The molecule has 1 aromatic carbocycles. The molecule has 7 heteroatoms. The molecule has 0 bridgehead atoms. The highest BCUT2D eigenvalue weighted by Crippen LogP contribution is 2.35. The van der Waals surface area contributed by atoms with Crippen molar-refractivity contribution in [1.82, 2.24) is 4.57 Å². The van der Waals surface area contributed by atoms with Crippen molar-refractivity contribution in [3.8, 4) is 17.2 Å². The molecule has 5 nitrogen and oxygen atoms in total. The zero-order valence-electron chi connectivity index (χ0n) is 11.7. The molecule has 0 N–H and O–H groups in total. The summed E-state index contributed by atoms with van der Waals surface area (Å²) in [5.41, 5.74) is 1.68. The van der Waals surface area contributed by atoms with Gasteiger partial charge in [0.25, 0.3) is 0 Å². The number of ether oxygens (including phenoxy) is 2. The summed E-state index contributed by atoms with van der Waals surface area (Å²) in [7, 11) is 1.41. The maximum absolute atomic E-state index is 11.3. The number of carbonyl (C=O) groups is 1. The van der Waals surface area contributed by atoms with Crippen molar-refractivity contribution in [2.45, 2.75) is 6.73 Å². The number of methoxy groups -OCH3 is 1. The lowest BCUT2D eigenvalue weighted by atomic mass is 10.1. The van der Waals surface area contributed by atoms with Gasteiger partial charge in [0, 0.05) is 30.6 Å². The number of rotatable bonds is 5. The Hall–Kier alpha value is -2.00. The summed E-state index contributed by atoms with van der Waals surface area (Å²) in [4.78, 5) is 11.3. The highest BCUT2D eigenvalue weighted by molar-refractivity contribution is 6.43. The molecule has 0 amide bonds. The van der Waals surface area contributed by atoms with E-state index in [0.717, 1.165) is 0 Å². The van der Waals surface area contributed by atoms with Crippen LogP contribution < -0.4 is 0 Å². The highest BCUT2D eigenvalue weighted by atomic mass is 35.5. The van der Waals surface area contributed by atoms with Gasteiger partial charge < -0.3 is 14.0 Å². The van der Waals surface area contributed by atoms with Crippen molar-refractivity contribution < 1.29 is 14.3 Å². The lowest BCUT2D eigenvalue weighted by molar-refractivity contribution is -0.151. The van der Waals surface area contributed by atoms with Gasteiger partial charge in [0.2, 0.25) is 0 Å². The number of nitrogens with zero attached hydrogens (tertiary/aromatic N) is 2. The van der Waals surface area contributed by atoms with Crippen molar-refractivity contribution in [1.29, 1.82) is 5.26 Å². The average molecular weight is 339 g/mol. The van der Waals surface area contributed by atoms with Crippen molar-refractivity contribution in [3.63, 3.8) is 0 Å². The normalized spacial score (nSPS) is 10.3. The molecule has 0 aliphatic carbocycles. The molecule has 0 aliphatic rings. The summed E-state index contributed by atoms with van der Waals surface area (Å²) in [6.07, 6.45) is 3.25. The number of halogens is 2. The molecule has 1 aromatic heterocycles. The molecule has 0 radical (unpaired) electrons. The summed E-state index contributed by atoms with van der Waals surface area (Å²) in [6.45, 7) is -0.144. The molecule has 0 aliphatic heterocycles. The predicted molar refractivity (Wildman–Crippen MR) is 82.6 cm³/mol. The first kappa shape index (κ1) is 16.4. The SMILES string of the molecule is COCC(=O)OCn1cc(C#N)c(-c2cccc(Cl)c2Cl)c1. The second-order valence-corrected chi connectivity index (χ2v) is 5.18. The molecular weight excluding hydrogens is 327 g/mol. The molecule has 22 heavy (non-hydrogen) atoms. The largest absolute Gasteiger partial charge is 0.442 e. The van der Waals surface area contributed by atoms with E-state index in [1.807, 2.05) is 0 Å². The van der Waals surface area contributed by atoms with Gasteiger partial charge in [0.05, 0.1) is 15.6 Å². The van der Waals surface area contributed by atoms with Crippen LogP contribution in [0.5, 0.6) is 0 Å². The Morgan fingerprint density at radius 2 is 2.09 bits per heavy atom. The number of hydrogen-bond acceptors (Lipinski definition) is 4. The molecule has 0 spiro atoms. The van der Waals surface area contributed by atoms with Gasteiger partial charge in [-0.25, -0.2) is 4.79 Å². The summed E-state index contributed by atoms with van der Waals surface area (Å²) in [5, 5.41) is 10.0. The van der Waals surface area contributed by atoms with Gasteiger partial charge in [-0.05, 0) is 6.07 Å². The number of hydrogen-bond donors (Lipinski definition) is 0. The van der Waals surface area contributed by atoms with Crippen molar-refractivity contribution in [2.75, 3.05) is 13.7 Å². The van der Waals surface area contributed by atoms with Gasteiger partial charge in [0.15, 0.2) is 6.73 Å². The average Bonchev–Trinajstić information content (AvgIpc) is 2.91. The van der Waals surface area contributed by atoms with E-state index in [4.69, 9.17) is 27.9 Å². The number of carbonyl (C=O) groups excluding carboxylic acids is 1. The van der Waals surface area contributed by atoms with E-state index >= 15 is 0 Å². The van der Waals surface area contributed by atoms with Crippen LogP contribution in [0.4, 0.5) is 0 Å². The van der Waals surface area contributed by atoms with E-state index in [0.29, 0.717) is 26.7 Å². The van der Waals surface area contributed by atoms with Gasteiger partial charge in [-0.15, -0.1) is 0 Å². The molecule has 0 atom stereocenters. The highest BCUT2D eigenvalue weighted by Gasteiger charge is 2.14. The van der Waals surface area contributed by atoms with Crippen molar-refractivity contribution in [2.24, 2.45) is 0 Å². The molecule has 114 valence electrons. The first-order valence-electron chi connectivity index (χ1n) is 6.25. The van der Waals surface area contributed by atoms with Gasteiger partial charge >= 0.3 is 5.97 Å². The first-order valence-corrected chi connectivity index (χ1v) is 7.01. The van der Waals surface area contributed by atoms with Gasteiger partial charge in [-0.1, -0.05) is 35.3 Å². The third-order valence-corrected chi connectivity index (χ3v) is 3.70. The lowest BCUT2D eigenvalue weighted by Gasteiger charge is -2.05. The Bertz CT molecular complexity index is 735. The Morgan fingerprint density at radius 3 is 2.77 bits per heavy atom. The van der Waals surface area contributed by atoms with Crippen LogP contribution in [0.15, 0.2) is 30.6 Å². The monoisotopic (exact) mass is 338 g/mol. The molecule has 2 aromatic rings. The second-order valence-electron chi connectivity index (χ2n) is 4.39. The molecule has 1 heterocycles. The molecule has 0 saturated heterocycles. The van der Waals surface area contributed by atoms with Gasteiger partial charge in [0.1, 0.15) is 12.7 Å². The Labute approximate surface area is 137 Å². The summed E-state index contributed by atoms with van der Waals surface area (Å²) in [6, 6.07) is 7.28. The van der Waals surface area contributed by atoms with Gasteiger partial charge in [-0.2, -0.15) is 5.26 Å². The van der Waals surface area contributed by atoms with Crippen LogP contribution in [0.1, 0.15) is 5.56 Å². The van der Waals surface area contributed by atoms with E-state index in [1.54, 1.807) is 35.2 Å². The zero-order valence-corrected chi connectivity index (χ0v) is 13.2. The van der Waals surface area contributed by atoms with Crippen LogP contribution in [-0.2, 0) is 21.0 Å². The lowest BCUT2D eigenvalue weighted by Crippen LogP contribution is -2.13. The summed E-state index contributed by atoms with van der Waals surface area (Å²) >= 11 is 12.2. The fourth-order valence-electron chi connectivity index (χ4n) is 1.90. The standard InChI is InChI=1S/C15H12Cl2N2O3/c1-21-8-14(20)22-9-19-6-10(5-18)12(7-19)11-3-2-4-13(16)15(11)17/h2-4,6-7H,8-9H2,1H3. The van der Waals surface area contributed by atoms with Crippen molar-refractivity contribution in [3.05, 3.63) is 46.2 Å². The summed E-state index contributed by atoms with van der Waals surface area (Å²) < 4.78 is 11.3. The number of benzene rings is 1. The second kappa shape index (κ2) is 7.32. The van der Waals surface area contributed by atoms with Gasteiger partial charge in [-0.3, -0.25) is 0 Å². The molecular formula is C15H12Cl2N2O3. The maximum Gasteiger partial charge on any atom is 0.333 e. The topological polar surface area (TPSA) is 64.2 Å². The zero-order chi connectivity index (χ0) is 16.1. The molecule has 2 rings (SSSR count). The number of esters is 1. The Morgan fingerprint density at radius 1 is 1.32 bits per heavy atom. The van der Waals surface area contributed by atoms with Crippen molar-refractivity contribution >= 4 is 29.2 Å². The molecule has 0 unspecified atom stereocenters. The third-order valence-electron chi connectivity index (χ3n) is 2.88. The van der Waals surface area contributed by atoms with Crippen LogP contribution in [0.25, 0.3) is 11.1 Å². The van der Waals surface area contributed by atoms with Crippen LogP contribution in [0.3, 0.4) is 0 Å². The van der Waals surface area contributed by atoms with E-state index < -0.39 is 5.97 Å². The van der Waals surface area contributed by atoms with Crippen LogP contribution in [0, 0.1) is 11.3 Å². The smallest absolute Gasteiger partial charge is 0.333 e. The Balaban J connectivity index is 2.28. The molecule has 0 fully saturated rings. The third kappa shape index (κ3) is 3.60. The fourth-order valence-corrected chi connectivity index (χ4v) is 2.31. The van der Waals surface area contributed by atoms with E-state index in [2.05, 4.69) is 10.8 Å². The minimum atomic E-state index is -0.489. The van der Waals surface area contributed by atoms with E-state index in [-0.39, 0.29) is 13.3 Å². The Kier molecular flexibility index (Phi) is 5.45. The van der Waals surface area contributed by atoms with E-state index in [1.165, 1.54) is 7.11 Å². The fraction of sp³-hybridized carbons (Fsp3) is 0.200. The van der Waals surface area contributed by atoms with Crippen LogP contribution in [-0.4, -0.2) is 24.3 Å². The van der Waals surface area contributed by atoms with Crippen LogP contribution in [0.2, 0.25) is 10.0 Å². The van der Waals surface area contributed by atoms with E-state index in [9.17, 15) is 10.1 Å². The minimum absolute atomic E-state index is 0.0188. The number of nitriles is 1. The first-order chi connectivity index (χ1) is 10.6. The number of aromatic nitrogens is 1. The van der Waals surface area contributed by atoms with Crippen LogP contribution >= 0.6 is 23.2 Å². The molecule has 0 saturated carbocycles. The quantitative estimate of drug-likeness (QED) is 0.783. The maximum atomic E-state index is 11.3.